The molecule has 3 N–H and O–H groups in total. The summed E-state index contributed by atoms with van der Waals surface area (Å²) in [4.78, 5) is 37.1. The number of aliphatic carboxylic acids is 1. The summed E-state index contributed by atoms with van der Waals surface area (Å²) in [5, 5.41) is 15.3. The number of likely N-dealkylation sites (N-methyl/N-ethyl adjacent to an activating group) is 1. The van der Waals surface area contributed by atoms with Gasteiger partial charge in [0.25, 0.3) is 0 Å². The van der Waals surface area contributed by atoms with Gasteiger partial charge in [-0.1, -0.05) is 0 Å². The van der Waals surface area contributed by atoms with Crippen LogP contribution < -0.4 is 10.6 Å². The fourth-order valence-corrected chi connectivity index (χ4v) is 6.80. The first-order valence-electron chi connectivity index (χ1n) is 10.9. The zero-order valence-electron chi connectivity index (χ0n) is 16.8. The molecule has 0 aliphatic heterocycles. The van der Waals surface area contributed by atoms with E-state index in [1.165, 1.54) is 24.2 Å². The minimum absolute atomic E-state index is 0.0194. The van der Waals surface area contributed by atoms with Gasteiger partial charge in [0.1, 0.15) is 6.54 Å². The highest BCUT2D eigenvalue weighted by Gasteiger charge is 2.51. The largest absolute Gasteiger partial charge is 0.480 e. The number of rotatable bonds is 5. The molecule has 28 heavy (non-hydrogen) atoms. The first-order valence-corrected chi connectivity index (χ1v) is 10.9. The zero-order chi connectivity index (χ0) is 19.9. The number of hydrogen-bond acceptors (Lipinski definition) is 3. The van der Waals surface area contributed by atoms with Gasteiger partial charge in [0, 0.05) is 24.5 Å². The molecule has 3 amide bonds. The van der Waals surface area contributed by atoms with Gasteiger partial charge >= 0.3 is 12.0 Å². The number of carbonyl (C=O) groups is 3. The number of carboxylic acid groups (broad SMARTS) is 1. The maximum absolute atomic E-state index is 12.7. The molecule has 5 aliphatic carbocycles. The van der Waals surface area contributed by atoms with Crippen LogP contribution >= 0.6 is 0 Å². The number of nitrogens with zero attached hydrogens (tertiary/aromatic N) is 1. The van der Waals surface area contributed by atoms with Crippen molar-refractivity contribution < 1.29 is 19.5 Å². The van der Waals surface area contributed by atoms with Crippen molar-refractivity contribution in [2.24, 2.45) is 23.7 Å². The second-order valence-corrected chi connectivity index (χ2v) is 9.93. The Bertz CT molecular complexity index is 606. The summed E-state index contributed by atoms with van der Waals surface area (Å²) < 4.78 is 0. The van der Waals surface area contributed by atoms with Crippen molar-refractivity contribution in [1.29, 1.82) is 0 Å². The molecule has 0 unspecified atom stereocenters. The third-order valence-corrected chi connectivity index (χ3v) is 7.58. The van der Waals surface area contributed by atoms with Gasteiger partial charge in [-0.05, 0) is 82.0 Å². The Morgan fingerprint density at radius 1 is 0.964 bits per heavy atom. The normalized spacial score (nSPS) is 38.7. The van der Waals surface area contributed by atoms with Gasteiger partial charge in [0.15, 0.2) is 0 Å². The van der Waals surface area contributed by atoms with Crippen LogP contribution in [0.1, 0.15) is 64.2 Å². The van der Waals surface area contributed by atoms with Crippen LogP contribution in [0.25, 0.3) is 0 Å². The molecule has 0 atom stereocenters. The minimum Gasteiger partial charge on any atom is -0.480 e. The van der Waals surface area contributed by atoms with Crippen LogP contribution in [-0.4, -0.2) is 53.1 Å². The molecule has 156 valence electrons. The van der Waals surface area contributed by atoms with Crippen molar-refractivity contribution in [3.05, 3.63) is 0 Å². The van der Waals surface area contributed by atoms with Gasteiger partial charge in [-0.3, -0.25) is 9.59 Å². The summed E-state index contributed by atoms with van der Waals surface area (Å²) >= 11 is 0. The average molecular weight is 392 g/mol. The van der Waals surface area contributed by atoms with E-state index in [0.717, 1.165) is 49.9 Å². The molecule has 7 nitrogen and oxygen atoms in total. The van der Waals surface area contributed by atoms with Gasteiger partial charge in [-0.2, -0.15) is 0 Å². The summed E-state index contributed by atoms with van der Waals surface area (Å²) in [6.07, 6.45) is 10.4. The van der Waals surface area contributed by atoms with Gasteiger partial charge in [0.2, 0.25) is 5.91 Å². The summed E-state index contributed by atoms with van der Waals surface area (Å²) in [6.45, 7) is -0.259. The highest BCUT2D eigenvalue weighted by atomic mass is 16.4. The van der Waals surface area contributed by atoms with Crippen molar-refractivity contribution >= 4 is 17.9 Å². The molecule has 0 spiro atoms. The van der Waals surface area contributed by atoms with E-state index in [1.807, 2.05) is 0 Å². The lowest BCUT2D eigenvalue weighted by Gasteiger charge is -2.56. The van der Waals surface area contributed by atoms with Crippen molar-refractivity contribution in [1.82, 2.24) is 15.5 Å². The summed E-state index contributed by atoms with van der Waals surface area (Å²) in [6, 6.07) is 0.0578. The standard InChI is InChI=1S/C21H33N3O4/c1-24(12-18(25)26)19(27)16-2-4-17(5-3-16)22-20(28)23-21-9-13-6-14(10-21)8-15(7-13)11-21/h13-17H,2-12H2,1H3,(H,25,26)(H2,22,23,28). The lowest BCUT2D eigenvalue weighted by molar-refractivity contribution is -0.145. The molecule has 4 bridgehead atoms. The van der Waals surface area contributed by atoms with Crippen LogP contribution in [0.15, 0.2) is 0 Å². The number of carboxylic acids is 1. The lowest BCUT2D eigenvalue weighted by Crippen LogP contribution is -2.62. The van der Waals surface area contributed by atoms with E-state index in [0.29, 0.717) is 12.8 Å². The third-order valence-electron chi connectivity index (χ3n) is 7.58. The molecular weight excluding hydrogens is 358 g/mol. The van der Waals surface area contributed by atoms with E-state index in [2.05, 4.69) is 10.6 Å². The number of urea groups is 1. The maximum Gasteiger partial charge on any atom is 0.323 e. The monoisotopic (exact) mass is 391 g/mol. The molecule has 0 aromatic heterocycles. The quantitative estimate of drug-likeness (QED) is 0.670. The Balaban J connectivity index is 1.23. The molecule has 5 rings (SSSR count). The molecular formula is C21H33N3O4. The summed E-state index contributed by atoms with van der Waals surface area (Å²) in [5.74, 6) is 1.18. The molecule has 0 aromatic carbocycles. The molecule has 5 saturated carbocycles. The first kappa shape index (κ1) is 19.5. The fraction of sp³-hybridized carbons (Fsp3) is 0.857. The average Bonchev–Trinajstić information content (AvgIpc) is 2.59. The van der Waals surface area contributed by atoms with E-state index < -0.39 is 5.97 Å². The van der Waals surface area contributed by atoms with Crippen LogP contribution in [-0.2, 0) is 9.59 Å². The zero-order valence-corrected chi connectivity index (χ0v) is 16.8. The van der Waals surface area contributed by atoms with Gasteiger partial charge in [0.05, 0.1) is 0 Å². The first-order chi connectivity index (χ1) is 13.3. The van der Waals surface area contributed by atoms with Gasteiger partial charge < -0.3 is 20.6 Å². The Labute approximate surface area is 166 Å². The number of hydrogen-bond donors (Lipinski definition) is 3. The maximum atomic E-state index is 12.7. The topological polar surface area (TPSA) is 98.7 Å². The molecule has 5 fully saturated rings. The van der Waals surface area contributed by atoms with E-state index in [-0.39, 0.29) is 36.0 Å². The highest BCUT2D eigenvalue weighted by molar-refractivity contribution is 5.83. The number of carbonyl (C=O) groups excluding carboxylic acids is 2. The Kier molecular flexibility index (Phi) is 5.27. The van der Waals surface area contributed by atoms with Crippen LogP contribution in [0, 0.1) is 23.7 Å². The minimum atomic E-state index is -0.993. The highest BCUT2D eigenvalue weighted by Crippen LogP contribution is 2.55. The van der Waals surface area contributed by atoms with E-state index in [9.17, 15) is 14.4 Å². The van der Waals surface area contributed by atoms with E-state index >= 15 is 0 Å². The molecule has 0 heterocycles. The summed E-state index contributed by atoms with van der Waals surface area (Å²) in [5.41, 5.74) is 0.0194. The molecule has 7 heteroatoms. The predicted octanol–water partition coefficient (Wildman–Crippen LogP) is 2.36. The smallest absolute Gasteiger partial charge is 0.323 e. The van der Waals surface area contributed by atoms with Gasteiger partial charge in [-0.25, -0.2) is 4.79 Å². The molecule has 5 aliphatic rings. The van der Waals surface area contributed by atoms with Crippen molar-refractivity contribution in [2.75, 3.05) is 13.6 Å². The second-order valence-electron chi connectivity index (χ2n) is 9.93. The van der Waals surface area contributed by atoms with Gasteiger partial charge in [-0.15, -0.1) is 0 Å². The van der Waals surface area contributed by atoms with E-state index in [4.69, 9.17) is 5.11 Å². The van der Waals surface area contributed by atoms with Crippen LogP contribution in [0.5, 0.6) is 0 Å². The van der Waals surface area contributed by atoms with Crippen LogP contribution in [0.3, 0.4) is 0 Å². The Morgan fingerprint density at radius 3 is 2.00 bits per heavy atom. The molecule has 0 aromatic rings. The van der Waals surface area contributed by atoms with Crippen LogP contribution in [0.2, 0.25) is 0 Å². The lowest BCUT2D eigenvalue weighted by atomic mass is 9.53. The SMILES string of the molecule is CN(CC(=O)O)C(=O)C1CCC(NC(=O)NC23CC4CC(CC(C4)C2)C3)CC1. The second kappa shape index (κ2) is 7.56. The Morgan fingerprint density at radius 2 is 1.50 bits per heavy atom. The molecule has 0 radical (unpaired) electrons. The molecule has 0 saturated heterocycles. The van der Waals surface area contributed by atoms with Crippen molar-refractivity contribution in [3.8, 4) is 0 Å². The summed E-state index contributed by atoms with van der Waals surface area (Å²) in [7, 11) is 1.54. The van der Waals surface area contributed by atoms with Crippen molar-refractivity contribution in [2.45, 2.75) is 75.8 Å². The predicted molar refractivity (Wildman–Crippen MR) is 104 cm³/mol. The fourth-order valence-electron chi connectivity index (χ4n) is 6.80. The third kappa shape index (κ3) is 4.13. The Hall–Kier alpha value is -1.79. The number of nitrogens with one attached hydrogen (secondary N) is 2. The van der Waals surface area contributed by atoms with Crippen LogP contribution in [0.4, 0.5) is 4.79 Å². The van der Waals surface area contributed by atoms with E-state index in [1.54, 1.807) is 7.05 Å². The van der Waals surface area contributed by atoms with Crippen molar-refractivity contribution in [3.63, 3.8) is 0 Å². The number of amides is 3.